The summed E-state index contributed by atoms with van der Waals surface area (Å²) in [5, 5.41) is 2.83. The topological polar surface area (TPSA) is 55.4 Å². The maximum absolute atomic E-state index is 12.0. The van der Waals surface area contributed by atoms with E-state index in [-0.39, 0.29) is 11.7 Å². The van der Waals surface area contributed by atoms with Gasteiger partial charge in [0.1, 0.15) is 5.75 Å². The Bertz CT molecular complexity index is 650. The highest BCUT2D eigenvalue weighted by atomic mass is 16.5. The van der Waals surface area contributed by atoms with Crippen molar-refractivity contribution in [1.29, 1.82) is 0 Å². The number of nitrogens with one attached hydrogen (secondary N) is 1. The predicted molar refractivity (Wildman–Crippen MR) is 95.5 cm³/mol. The average Bonchev–Trinajstić information content (AvgIpc) is 2.62. The minimum absolute atomic E-state index is 0.0702. The minimum atomic E-state index is -0.0851. The SMILES string of the molecule is CCCOc1ccc(NC(=O)CCCC(=O)c2ccccc2)cc1. The summed E-state index contributed by atoms with van der Waals surface area (Å²) in [7, 11) is 0. The highest BCUT2D eigenvalue weighted by Crippen LogP contribution is 2.16. The molecule has 0 spiro atoms. The lowest BCUT2D eigenvalue weighted by Gasteiger charge is -2.07. The predicted octanol–water partition coefficient (Wildman–Crippen LogP) is 4.47. The van der Waals surface area contributed by atoms with E-state index in [1.807, 2.05) is 42.5 Å². The molecule has 0 saturated carbocycles. The standard InChI is InChI=1S/C20H23NO3/c1-2-15-24-18-13-11-17(12-14-18)21-20(23)10-6-9-19(22)16-7-4-3-5-8-16/h3-5,7-8,11-14H,2,6,9-10,15H2,1H3,(H,21,23). The fraction of sp³-hybridized carbons (Fsp3) is 0.300. The molecule has 24 heavy (non-hydrogen) atoms. The molecule has 0 fully saturated rings. The molecule has 4 heteroatoms. The third-order valence-corrected chi connectivity index (χ3v) is 3.51. The monoisotopic (exact) mass is 325 g/mol. The van der Waals surface area contributed by atoms with E-state index >= 15 is 0 Å². The maximum atomic E-state index is 12.0. The molecule has 0 atom stereocenters. The number of amides is 1. The van der Waals surface area contributed by atoms with Crippen molar-refractivity contribution < 1.29 is 14.3 Å². The first-order valence-electron chi connectivity index (χ1n) is 8.30. The van der Waals surface area contributed by atoms with Crippen LogP contribution in [0.1, 0.15) is 43.0 Å². The zero-order valence-corrected chi connectivity index (χ0v) is 14.0. The number of Topliss-reactive ketones (excluding diaryl/α,β-unsaturated/α-hetero) is 1. The summed E-state index contributed by atoms with van der Waals surface area (Å²) in [5.41, 5.74) is 1.43. The van der Waals surface area contributed by atoms with Gasteiger partial charge < -0.3 is 10.1 Å². The van der Waals surface area contributed by atoms with Crippen LogP contribution in [0.25, 0.3) is 0 Å². The maximum Gasteiger partial charge on any atom is 0.224 e. The molecule has 0 heterocycles. The van der Waals surface area contributed by atoms with Gasteiger partial charge in [-0.1, -0.05) is 37.3 Å². The van der Waals surface area contributed by atoms with E-state index in [1.165, 1.54) is 0 Å². The summed E-state index contributed by atoms with van der Waals surface area (Å²) in [5.74, 6) is 0.780. The number of hydrogen-bond acceptors (Lipinski definition) is 3. The molecule has 0 unspecified atom stereocenters. The second kappa shape index (κ2) is 9.50. The Balaban J connectivity index is 1.72. The zero-order chi connectivity index (χ0) is 17.2. The molecule has 1 amide bonds. The molecule has 2 aromatic carbocycles. The van der Waals surface area contributed by atoms with Gasteiger partial charge >= 0.3 is 0 Å². The number of rotatable bonds is 9. The lowest BCUT2D eigenvalue weighted by atomic mass is 10.1. The van der Waals surface area contributed by atoms with E-state index in [2.05, 4.69) is 12.2 Å². The van der Waals surface area contributed by atoms with Gasteiger partial charge in [-0.15, -0.1) is 0 Å². The van der Waals surface area contributed by atoms with Crippen LogP contribution in [0.4, 0.5) is 5.69 Å². The normalized spacial score (nSPS) is 10.2. The third-order valence-electron chi connectivity index (χ3n) is 3.51. The van der Waals surface area contributed by atoms with Crippen molar-refractivity contribution in [2.45, 2.75) is 32.6 Å². The van der Waals surface area contributed by atoms with Crippen LogP contribution in [0.15, 0.2) is 54.6 Å². The van der Waals surface area contributed by atoms with E-state index < -0.39 is 0 Å². The summed E-state index contributed by atoms with van der Waals surface area (Å²) in [6.45, 7) is 2.73. The highest BCUT2D eigenvalue weighted by Gasteiger charge is 2.07. The number of ketones is 1. The molecule has 1 N–H and O–H groups in total. The largest absolute Gasteiger partial charge is 0.494 e. The number of ether oxygens (including phenoxy) is 1. The average molecular weight is 325 g/mol. The van der Waals surface area contributed by atoms with E-state index in [0.29, 0.717) is 31.4 Å². The smallest absolute Gasteiger partial charge is 0.224 e. The Hall–Kier alpha value is -2.62. The summed E-state index contributed by atoms with van der Waals surface area (Å²) in [6, 6.07) is 16.5. The van der Waals surface area contributed by atoms with Crippen LogP contribution in [-0.4, -0.2) is 18.3 Å². The van der Waals surface area contributed by atoms with Gasteiger partial charge in [-0.05, 0) is 37.1 Å². The van der Waals surface area contributed by atoms with Gasteiger partial charge in [0, 0.05) is 24.1 Å². The van der Waals surface area contributed by atoms with E-state index in [4.69, 9.17) is 4.74 Å². The molecule has 0 aliphatic rings. The molecule has 0 saturated heterocycles. The molecule has 2 aromatic rings. The lowest BCUT2D eigenvalue weighted by Crippen LogP contribution is -2.12. The van der Waals surface area contributed by atoms with Gasteiger partial charge in [0.05, 0.1) is 6.61 Å². The molecule has 0 radical (unpaired) electrons. The summed E-state index contributed by atoms with van der Waals surface area (Å²) in [6.07, 6.45) is 2.20. The van der Waals surface area contributed by atoms with Crippen molar-refractivity contribution in [3.05, 3.63) is 60.2 Å². The zero-order valence-electron chi connectivity index (χ0n) is 14.0. The van der Waals surface area contributed by atoms with Crippen molar-refractivity contribution in [3.8, 4) is 5.75 Å². The minimum Gasteiger partial charge on any atom is -0.494 e. The number of anilines is 1. The molecule has 0 aliphatic heterocycles. The van der Waals surface area contributed by atoms with Crippen LogP contribution in [0.5, 0.6) is 5.75 Å². The Kier molecular flexibility index (Phi) is 7.02. The molecule has 4 nitrogen and oxygen atoms in total. The molecule has 0 aromatic heterocycles. The fourth-order valence-electron chi connectivity index (χ4n) is 2.26. The van der Waals surface area contributed by atoms with Gasteiger partial charge in [0.25, 0.3) is 0 Å². The first kappa shape index (κ1) is 17.7. The van der Waals surface area contributed by atoms with Crippen molar-refractivity contribution >= 4 is 17.4 Å². The highest BCUT2D eigenvalue weighted by molar-refractivity contribution is 5.96. The van der Waals surface area contributed by atoms with Gasteiger partial charge in [-0.25, -0.2) is 0 Å². The van der Waals surface area contributed by atoms with Crippen LogP contribution in [0.2, 0.25) is 0 Å². The van der Waals surface area contributed by atoms with E-state index in [1.54, 1.807) is 12.1 Å². The second-order valence-electron chi connectivity index (χ2n) is 5.56. The molecule has 126 valence electrons. The molecule has 0 aliphatic carbocycles. The third kappa shape index (κ3) is 5.88. The van der Waals surface area contributed by atoms with E-state index in [0.717, 1.165) is 17.9 Å². The van der Waals surface area contributed by atoms with Crippen molar-refractivity contribution in [2.75, 3.05) is 11.9 Å². The molecule has 2 rings (SSSR count). The molecular weight excluding hydrogens is 302 g/mol. The quantitative estimate of drug-likeness (QED) is 0.692. The number of benzene rings is 2. The van der Waals surface area contributed by atoms with Gasteiger partial charge in [-0.2, -0.15) is 0 Å². The Morgan fingerprint density at radius 1 is 0.958 bits per heavy atom. The second-order valence-corrected chi connectivity index (χ2v) is 5.56. The number of carbonyl (C=O) groups is 2. The van der Waals surface area contributed by atoms with Crippen LogP contribution in [0, 0.1) is 0 Å². The van der Waals surface area contributed by atoms with Crippen molar-refractivity contribution in [2.24, 2.45) is 0 Å². The summed E-state index contributed by atoms with van der Waals surface area (Å²) < 4.78 is 5.50. The Labute approximate surface area is 142 Å². The van der Waals surface area contributed by atoms with Crippen LogP contribution in [-0.2, 0) is 4.79 Å². The van der Waals surface area contributed by atoms with E-state index in [9.17, 15) is 9.59 Å². The van der Waals surface area contributed by atoms with Crippen molar-refractivity contribution in [3.63, 3.8) is 0 Å². The number of hydrogen-bond donors (Lipinski definition) is 1. The van der Waals surface area contributed by atoms with Crippen molar-refractivity contribution in [1.82, 2.24) is 0 Å². The molecule has 0 bridgehead atoms. The Morgan fingerprint density at radius 3 is 2.33 bits per heavy atom. The van der Waals surface area contributed by atoms with Gasteiger partial charge in [0.15, 0.2) is 5.78 Å². The number of carbonyl (C=O) groups excluding carboxylic acids is 2. The van der Waals surface area contributed by atoms with Crippen LogP contribution >= 0.6 is 0 Å². The summed E-state index contributed by atoms with van der Waals surface area (Å²) in [4.78, 5) is 23.9. The first-order chi connectivity index (χ1) is 11.7. The summed E-state index contributed by atoms with van der Waals surface area (Å²) >= 11 is 0. The lowest BCUT2D eigenvalue weighted by molar-refractivity contribution is -0.116. The Morgan fingerprint density at radius 2 is 1.67 bits per heavy atom. The first-order valence-corrected chi connectivity index (χ1v) is 8.30. The molecular formula is C20H23NO3. The van der Waals surface area contributed by atoms with Crippen LogP contribution in [0.3, 0.4) is 0 Å². The van der Waals surface area contributed by atoms with Crippen LogP contribution < -0.4 is 10.1 Å². The van der Waals surface area contributed by atoms with Gasteiger partial charge in [-0.3, -0.25) is 9.59 Å². The fourth-order valence-corrected chi connectivity index (χ4v) is 2.26. The van der Waals surface area contributed by atoms with Gasteiger partial charge in [0.2, 0.25) is 5.91 Å².